The summed E-state index contributed by atoms with van der Waals surface area (Å²) in [6, 6.07) is 3.40. The van der Waals surface area contributed by atoms with E-state index in [9.17, 15) is 9.59 Å². The number of fused-ring (bicyclic) bond motifs is 1. The Bertz CT molecular complexity index is 922. The van der Waals surface area contributed by atoms with E-state index in [1.165, 1.54) is 11.3 Å². The Morgan fingerprint density at radius 1 is 1.42 bits per heavy atom. The van der Waals surface area contributed by atoms with Crippen molar-refractivity contribution in [2.24, 2.45) is 0 Å². The van der Waals surface area contributed by atoms with Gasteiger partial charge in [0, 0.05) is 17.3 Å². The molecule has 0 amide bonds. The maximum absolute atomic E-state index is 12.3. The highest BCUT2D eigenvalue weighted by Gasteiger charge is 2.26. The number of rotatable bonds is 2. The molecule has 7 nitrogen and oxygen atoms in total. The van der Waals surface area contributed by atoms with Crippen molar-refractivity contribution < 1.29 is 9.53 Å². The van der Waals surface area contributed by atoms with Crippen LogP contribution in [0.25, 0.3) is 11.5 Å². The lowest BCUT2D eigenvalue weighted by atomic mass is 10.2. The average molecular weight is 367 g/mol. The lowest BCUT2D eigenvalue weighted by molar-refractivity contribution is 0.0534. The molecule has 1 aromatic rings. The van der Waals surface area contributed by atoms with Crippen LogP contribution in [0.1, 0.15) is 25.6 Å². The van der Waals surface area contributed by atoms with E-state index < -0.39 is 17.4 Å². The number of imidazole rings is 1. The number of halogens is 1. The summed E-state index contributed by atoms with van der Waals surface area (Å²) in [5, 5.41) is 0. The number of pyridine rings is 1. The van der Waals surface area contributed by atoms with Crippen LogP contribution in [0.5, 0.6) is 0 Å². The van der Waals surface area contributed by atoms with E-state index in [0.29, 0.717) is 22.5 Å². The Balaban J connectivity index is 1.99. The lowest BCUT2D eigenvalue weighted by Gasteiger charge is -2.19. The van der Waals surface area contributed by atoms with Gasteiger partial charge in [-0.2, -0.15) is 9.55 Å². The molecular weight excluding hydrogens is 352 g/mol. The number of thiazole rings is 1. The first kappa shape index (κ1) is 16.7. The summed E-state index contributed by atoms with van der Waals surface area (Å²) in [6.07, 6.45) is 2.71. The van der Waals surface area contributed by atoms with Gasteiger partial charge in [-0.3, -0.25) is 0 Å². The summed E-state index contributed by atoms with van der Waals surface area (Å²) in [6.45, 7) is 5.67. The van der Waals surface area contributed by atoms with E-state index in [1.54, 1.807) is 49.9 Å². The lowest BCUT2D eigenvalue weighted by Crippen LogP contribution is -2.32. The second kappa shape index (κ2) is 6.03. The fourth-order valence-electron chi connectivity index (χ4n) is 2.21. The van der Waals surface area contributed by atoms with Crippen molar-refractivity contribution in [3.63, 3.8) is 0 Å². The first-order valence-corrected chi connectivity index (χ1v) is 8.35. The molecule has 0 fully saturated rings. The molecule has 0 radical (unpaired) electrons. The third-order valence-corrected chi connectivity index (χ3v) is 4.18. The van der Waals surface area contributed by atoms with Gasteiger partial charge in [-0.05, 0) is 32.9 Å². The van der Waals surface area contributed by atoms with Crippen LogP contribution in [0.4, 0.5) is 4.79 Å². The number of nitrogens with zero attached hydrogens (tertiary/aromatic N) is 4. The second-order valence-electron chi connectivity index (χ2n) is 6.13. The quantitative estimate of drug-likeness (QED) is 0.696. The summed E-state index contributed by atoms with van der Waals surface area (Å²) < 4.78 is 8.43. The van der Waals surface area contributed by atoms with Crippen LogP contribution in [-0.4, -0.2) is 30.8 Å². The van der Waals surface area contributed by atoms with Crippen LogP contribution >= 0.6 is 22.9 Å². The highest BCUT2D eigenvalue weighted by molar-refractivity contribution is 7.15. The van der Waals surface area contributed by atoms with Crippen molar-refractivity contribution in [3.8, 4) is 11.5 Å². The Morgan fingerprint density at radius 3 is 2.79 bits per heavy atom. The minimum Gasteiger partial charge on any atom is -0.443 e. The van der Waals surface area contributed by atoms with Crippen molar-refractivity contribution in [3.05, 3.63) is 44.4 Å². The summed E-state index contributed by atoms with van der Waals surface area (Å²) in [5.41, 5.74) is -0.974. The minimum absolute atomic E-state index is 0.396. The molecule has 0 unspecified atom stereocenters. The number of aromatic nitrogens is 4. The standard InChI is InChI=1S/C15H15ClN4O3S/c1-15(2,3)23-14(22)20-10-5-4-6-19(11(10)18-13(20)21)8-9-7-17-12(16)24-9/h4-7H,8H2,1-3H3. The van der Waals surface area contributed by atoms with Gasteiger partial charge in [0.25, 0.3) is 0 Å². The SMILES string of the molecule is CC(C)(C)OC(=O)n1c2cccn(Cc3cnc(Cl)s3)c-2nc1=O. The fourth-order valence-corrected chi connectivity index (χ4v) is 3.18. The van der Waals surface area contributed by atoms with Crippen LogP contribution in [0.2, 0.25) is 4.47 Å². The molecule has 0 saturated carbocycles. The third kappa shape index (κ3) is 3.34. The van der Waals surface area contributed by atoms with Gasteiger partial charge >= 0.3 is 11.8 Å². The van der Waals surface area contributed by atoms with Crippen LogP contribution in [-0.2, 0) is 11.3 Å². The number of carbonyl (C=O) groups excluding carboxylic acids is 1. The van der Waals surface area contributed by atoms with E-state index in [4.69, 9.17) is 16.3 Å². The van der Waals surface area contributed by atoms with Crippen LogP contribution in [0.3, 0.4) is 0 Å². The van der Waals surface area contributed by atoms with Gasteiger partial charge in [-0.1, -0.05) is 11.6 Å². The minimum atomic E-state index is -0.742. The third-order valence-electron chi connectivity index (χ3n) is 3.08. The molecular formula is C15H15ClN4O3S. The molecule has 2 aliphatic heterocycles. The second-order valence-corrected chi connectivity index (χ2v) is 7.83. The first-order chi connectivity index (χ1) is 11.2. The molecule has 0 bridgehead atoms. The van der Waals surface area contributed by atoms with E-state index in [1.807, 2.05) is 0 Å². The molecule has 3 heterocycles. The summed E-state index contributed by atoms with van der Waals surface area (Å²) >= 11 is 7.19. The Hall–Kier alpha value is -2.19. The van der Waals surface area contributed by atoms with Crippen LogP contribution in [0, 0.1) is 0 Å². The van der Waals surface area contributed by atoms with E-state index in [0.717, 1.165) is 9.44 Å². The van der Waals surface area contributed by atoms with E-state index in [-0.39, 0.29) is 0 Å². The Labute approximate surface area is 146 Å². The highest BCUT2D eigenvalue weighted by atomic mass is 35.5. The molecule has 1 aromatic heterocycles. The van der Waals surface area contributed by atoms with Crippen molar-refractivity contribution in [2.75, 3.05) is 0 Å². The number of ether oxygens (including phenoxy) is 1. The maximum Gasteiger partial charge on any atom is 0.423 e. The zero-order valence-corrected chi connectivity index (χ0v) is 14.9. The molecule has 0 atom stereocenters. The smallest absolute Gasteiger partial charge is 0.423 e. The van der Waals surface area contributed by atoms with Crippen molar-refractivity contribution in [1.29, 1.82) is 0 Å². The predicted octanol–water partition coefficient (Wildman–Crippen LogP) is 3.09. The molecule has 9 heteroatoms. The monoisotopic (exact) mass is 366 g/mol. The molecule has 3 rings (SSSR count). The first-order valence-electron chi connectivity index (χ1n) is 7.16. The van der Waals surface area contributed by atoms with Crippen LogP contribution < -0.4 is 5.69 Å². The summed E-state index contributed by atoms with van der Waals surface area (Å²) in [7, 11) is 0. The zero-order valence-electron chi connectivity index (χ0n) is 13.3. The van der Waals surface area contributed by atoms with Crippen LogP contribution in [0.15, 0.2) is 29.3 Å². The van der Waals surface area contributed by atoms with Gasteiger partial charge in [0.15, 0.2) is 10.3 Å². The van der Waals surface area contributed by atoms with Crippen molar-refractivity contribution in [1.82, 2.24) is 19.1 Å². The van der Waals surface area contributed by atoms with E-state index >= 15 is 0 Å². The largest absolute Gasteiger partial charge is 0.443 e. The molecule has 0 spiro atoms. The number of carbonyl (C=O) groups is 1. The molecule has 2 aliphatic rings. The summed E-state index contributed by atoms with van der Waals surface area (Å²) in [4.78, 5) is 33.4. The zero-order chi connectivity index (χ0) is 17.5. The Kier molecular flexibility index (Phi) is 4.18. The normalized spacial score (nSPS) is 11.8. The van der Waals surface area contributed by atoms with Gasteiger partial charge in [0.05, 0.1) is 6.54 Å². The number of hydrogen-bond acceptors (Lipinski definition) is 6. The van der Waals surface area contributed by atoms with E-state index in [2.05, 4.69) is 9.97 Å². The van der Waals surface area contributed by atoms with Gasteiger partial charge in [0.1, 0.15) is 11.3 Å². The molecule has 0 aromatic carbocycles. The van der Waals surface area contributed by atoms with Gasteiger partial charge in [0.2, 0.25) is 0 Å². The average Bonchev–Trinajstić information content (AvgIpc) is 3.00. The summed E-state index contributed by atoms with van der Waals surface area (Å²) in [5.74, 6) is 0.401. The van der Waals surface area contributed by atoms with Gasteiger partial charge in [-0.25, -0.2) is 14.6 Å². The topological polar surface area (TPSA) is 79.0 Å². The highest BCUT2D eigenvalue weighted by Crippen LogP contribution is 2.23. The molecule has 0 N–H and O–H groups in total. The molecule has 0 saturated heterocycles. The fraction of sp³-hybridized carbons (Fsp3) is 0.333. The van der Waals surface area contributed by atoms with Crippen molar-refractivity contribution in [2.45, 2.75) is 32.9 Å². The molecule has 0 aliphatic carbocycles. The molecule has 24 heavy (non-hydrogen) atoms. The van der Waals surface area contributed by atoms with Crippen molar-refractivity contribution >= 4 is 29.0 Å². The Morgan fingerprint density at radius 2 is 2.17 bits per heavy atom. The predicted molar refractivity (Wildman–Crippen MR) is 91.0 cm³/mol. The van der Waals surface area contributed by atoms with Gasteiger partial charge < -0.3 is 9.30 Å². The molecule has 126 valence electrons. The van der Waals surface area contributed by atoms with Gasteiger partial charge in [-0.15, -0.1) is 11.3 Å². The number of hydrogen-bond donors (Lipinski definition) is 0. The maximum atomic E-state index is 12.3.